The summed E-state index contributed by atoms with van der Waals surface area (Å²) < 4.78 is 9.86. The first-order valence-corrected chi connectivity index (χ1v) is 6.35. The molecule has 4 fully saturated rings. The summed E-state index contributed by atoms with van der Waals surface area (Å²) in [6, 6.07) is 0. The summed E-state index contributed by atoms with van der Waals surface area (Å²) in [7, 11) is 0. The van der Waals surface area contributed by atoms with Crippen LogP contribution in [0.2, 0.25) is 0 Å². The molecule has 4 rings (SSSR count). The third-order valence-corrected chi connectivity index (χ3v) is 5.23. The van der Waals surface area contributed by atoms with Gasteiger partial charge in [0.15, 0.2) is 0 Å². The highest BCUT2D eigenvalue weighted by Crippen LogP contribution is 2.62. The first kappa shape index (κ1) is 10.8. The van der Waals surface area contributed by atoms with Gasteiger partial charge in [0.1, 0.15) is 0 Å². The molecule has 2 saturated carbocycles. The van der Waals surface area contributed by atoms with E-state index in [4.69, 9.17) is 9.47 Å². The van der Waals surface area contributed by atoms with Crippen molar-refractivity contribution in [3.8, 4) is 0 Å². The number of hydrogen-bond acceptors (Lipinski definition) is 6. The molecule has 0 aromatic carbocycles. The van der Waals surface area contributed by atoms with Gasteiger partial charge >= 0.3 is 11.9 Å². The lowest BCUT2D eigenvalue weighted by Gasteiger charge is -2.32. The first-order valence-electron chi connectivity index (χ1n) is 6.35. The predicted octanol–water partition coefficient (Wildman–Crippen LogP) is -0.759. The number of aliphatic hydroxyl groups excluding tert-OH is 2. The SMILES string of the molecule is O=C1OC(O)C2CC1C1C3CC(C(=O)OC3O)C21. The molecule has 0 spiro atoms. The fourth-order valence-electron chi connectivity index (χ4n) is 4.63. The number of carbonyl (C=O) groups is 2. The standard InChI is InChI=1S/C12H14O6/c13-9-3-1-4(10(14)17-9)8-6-2-5(7(3)8)11(15)18-12(6)16/h3-9,12-13,16H,1-2H2. The number of hydrogen-bond donors (Lipinski definition) is 2. The molecule has 18 heavy (non-hydrogen) atoms. The van der Waals surface area contributed by atoms with Crippen LogP contribution >= 0.6 is 0 Å². The highest BCUT2D eigenvalue weighted by Gasteiger charge is 2.67. The predicted molar refractivity (Wildman–Crippen MR) is 54.4 cm³/mol. The molecule has 4 bridgehead atoms. The quantitative estimate of drug-likeness (QED) is 0.436. The number of rotatable bonds is 0. The molecule has 2 N–H and O–H groups in total. The third kappa shape index (κ3) is 1.10. The summed E-state index contributed by atoms with van der Waals surface area (Å²) in [5.74, 6) is -1.98. The normalized spacial score (nSPS) is 57.0. The second kappa shape index (κ2) is 3.24. The van der Waals surface area contributed by atoms with Crippen LogP contribution in [0.5, 0.6) is 0 Å². The molecule has 0 radical (unpaired) electrons. The first-order chi connectivity index (χ1) is 8.58. The zero-order valence-electron chi connectivity index (χ0n) is 9.56. The van der Waals surface area contributed by atoms with Crippen LogP contribution < -0.4 is 0 Å². The molecular weight excluding hydrogens is 240 g/mol. The van der Waals surface area contributed by atoms with Crippen molar-refractivity contribution < 1.29 is 29.3 Å². The van der Waals surface area contributed by atoms with E-state index in [0.717, 1.165) is 0 Å². The van der Waals surface area contributed by atoms with Crippen LogP contribution in [0.15, 0.2) is 0 Å². The van der Waals surface area contributed by atoms with Crippen molar-refractivity contribution in [3.63, 3.8) is 0 Å². The van der Waals surface area contributed by atoms with Crippen molar-refractivity contribution >= 4 is 11.9 Å². The van der Waals surface area contributed by atoms with Crippen LogP contribution in [-0.4, -0.2) is 34.7 Å². The molecule has 4 aliphatic rings. The lowest BCUT2D eigenvalue weighted by atomic mass is 9.83. The van der Waals surface area contributed by atoms with Gasteiger partial charge in [-0.15, -0.1) is 0 Å². The summed E-state index contributed by atoms with van der Waals surface area (Å²) in [5.41, 5.74) is 0. The Balaban J connectivity index is 1.78. The van der Waals surface area contributed by atoms with Gasteiger partial charge in [0.25, 0.3) is 0 Å². The van der Waals surface area contributed by atoms with Crippen molar-refractivity contribution in [1.82, 2.24) is 0 Å². The molecule has 2 saturated heterocycles. The molecule has 6 heteroatoms. The number of ether oxygens (including phenoxy) is 2. The second-order valence-electron chi connectivity index (χ2n) is 5.82. The molecule has 8 atom stereocenters. The Morgan fingerprint density at radius 1 is 0.833 bits per heavy atom. The zero-order chi connectivity index (χ0) is 12.6. The van der Waals surface area contributed by atoms with Gasteiger partial charge in [-0.3, -0.25) is 9.59 Å². The van der Waals surface area contributed by atoms with Gasteiger partial charge in [-0.05, 0) is 24.7 Å². The smallest absolute Gasteiger partial charge is 0.311 e. The molecule has 2 heterocycles. The van der Waals surface area contributed by atoms with Crippen LogP contribution in [-0.2, 0) is 19.1 Å². The van der Waals surface area contributed by atoms with E-state index in [-0.39, 0.29) is 35.5 Å². The van der Waals surface area contributed by atoms with E-state index >= 15 is 0 Å². The monoisotopic (exact) mass is 254 g/mol. The maximum atomic E-state index is 11.8. The molecule has 2 aliphatic carbocycles. The molecule has 2 aliphatic heterocycles. The van der Waals surface area contributed by atoms with Crippen LogP contribution in [0.4, 0.5) is 0 Å². The van der Waals surface area contributed by atoms with Gasteiger partial charge in [-0.2, -0.15) is 0 Å². The molecule has 98 valence electrons. The summed E-state index contributed by atoms with van der Waals surface area (Å²) in [4.78, 5) is 23.6. The number of carbonyl (C=O) groups excluding carboxylic acids is 2. The minimum atomic E-state index is -1.12. The maximum absolute atomic E-state index is 11.8. The summed E-state index contributed by atoms with van der Waals surface area (Å²) in [6.07, 6.45) is -1.12. The van der Waals surface area contributed by atoms with E-state index in [2.05, 4.69) is 0 Å². The van der Waals surface area contributed by atoms with E-state index < -0.39 is 24.5 Å². The van der Waals surface area contributed by atoms with E-state index in [1.165, 1.54) is 0 Å². The Kier molecular flexibility index (Phi) is 1.94. The minimum Gasteiger partial charge on any atom is -0.435 e. The number of esters is 2. The summed E-state index contributed by atoms with van der Waals surface area (Å²) in [6.45, 7) is 0. The molecule has 6 nitrogen and oxygen atoms in total. The van der Waals surface area contributed by atoms with Crippen LogP contribution in [0.1, 0.15) is 12.8 Å². The Bertz CT molecular complexity index is 394. The van der Waals surface area contributed by atoms with Crippen molar-refractivity contribution in [2.75, 3.05) is 0 Å². The zero-order valence-corrected chi connectivity index (χ0v) is 9.56. The average molecular weight is 254 g/mol. The van der Waals surface area contributed by atoms with Gasteiger partial charge in [-0.1, -0.05) is 0 Å². The number of cyclic esters (lactones) is 2. The van der Waals surface area contributed by atoms with Crippen molar-refractivity contribution in [2.45, 2.75) is 25.4 Å². The Morgan fingerprint density at radius 2 is 1.22 bits per heavy atom. The van der Waals surface area contributed by atoms with Gasteiger partial charge in [0.05, 0.1) is 11.8 Å². The van der Waals surface area contributed by atoms with E-state index in [1.807, 2.05) is 0 Å². The molecule has 0 aromatic rings. The Hall–Kier alpha value is -1.14. The fourth-order valence-corrected chi connectivity index (χ4v) is 4.63. The Labute approximate surface area is 103 Å². The van der Waals surface area contributed by atoms with E-state index in [0.29, 0.717) is 12.8 Å². The van der Waals surface area contributed by atoms with Gasteiger partial charge in [0, 0.05) is 11.8 Å². The highest BCUT2D eigenvalue weighted by atomic mass is 16.6. The van der Waals surface area contributed by atoms with Crippen LogP contribution in [0.3, 0.4) is 0 Å². The van der Waals surface area contributed by atoms with Crippen LogP contribution in [0.25, 0.3) is 0 Å². The second-order valence-corrected chi connectivity index (χ2v) is 5.82. The molecule has 0 aromatic heterocycles. The van der Waals surface area contributed by atoms with E-state index in [1.54, 1.807) is 0 Å². The average Bonchev–Trinajstić information content (AvgIpc) is 2.79. The van der Waals surface area contributed by atoms with Crippen molar-refractivity contribution in [1.29, 1.82) is 0 Å². The van der Waals surface area contributed by atoms with Crippen LogP contribution in [0, 0.1) is 35.5 Å². The lowest BCUT2D eigenvalue weighted by molar-refractivity contribution is -0.203. The highest BCUT2D eigenvalue weighted by molar-refractivity contribution is 5.78. The maximum Gasteiger partial charge on any atom is 0.311 e. The van der Waals surface area contributed by atoms with Gasteiger partial charge in [-0.25, -0.2) is 0 Å². The minimum absolute atomic E-state index is 0.0916. The van der Waals surface area contributed by atoms with Crippen molar-refractivity contribution in [3.05, 3.63) is 0 Å². The Morgan fingerprint density at radius 3 is 1.61 bits per heavy atom. The summed E-state index contributed by atoms with van der Waals surface area (Å²) in [5, 5.41) is 19.7. The van der Waals surface area contributed by atoms with Crippen molar-refractivity contribution in [2.24, 2.45) is 35.5 Å². The number of fused-ring (bicyclic) bond motifs is 9. The number of aliphatic hydroxyl groups is 2. The lowest BCUT2D eigenvalue weighted by Crippen LogP contribution is -2.41. The van der Waals surface area contributed by atoms with E-state index in [9.17, 15) is 19.8 Å². The van der Waals surface area contributed by atoms with Gasteiger partial charge in [0.2, 0.25) is 12.6 Å². The summed E-state index contributed by atoms with van der Waals surface area (Å²) >= 11 is 0. The molecule has 8 unspecified atom stereocenters. The molecule has 0 amide bonds. The molecular formula is C12H14O6. The van der Waals surface area contributed by atoms with Gasteiger partial charge < -0.3 is 19.7 Å². The fraction of sp³-hybridized carbons (Fsp3) is 0.833. The largest absolute Gasteiger partial charge is 0.435 e. The third-order valence-electron chi connectivity index (χ3n) is 5.23. The topological polar surface area (TPSA) is 93.1 Å².